The lowest BCUT2D eigenvalue weighted by atomic mass is 10.2. The van der Waals surface area contributed by atoms with Crippen molar-refractivity contribution in [2.24, 2.45) is 0 Å². The molecular weight excluding hydrogens is 335 g/mol. The fourth-order valence-corrected chi connectivity index (χ4v) is 3.83. The molecule has 0 saturated carbocycles. The molecule has 0 unspecified atom stereocenters. The van der Waals surface area contributed by atoms with Gasteiger partial charge in [0.2, 0.25) is 0 Å². The molecule has 1 fully saturated rings. The minimum atomic E-state index is -3.52. The zero-order chi connectivity index (χ0) is 15.6. The molecule has 0 spiro atoms. The Hall–Kier alpha value is -0.820. The number of hydrogen-bond donors (Lipinski definition) is 1. The van der Waals surface area contributed by atoms with Gasteiger partial charge in [-0.1, -0.05) is 23.2 Å². The average molecular weight is 351 g/mol. The molecule has 0 radical (unpaired) electrons. The van der Waals surface area contributed by atoms with Crippen molar-refractivity contribution < 1.29 is 13.2 Å². The lowest BCUT2D eigenvalue weighted by Gasteiger charge is -2.21. The smallest absolute Gasteiger partial charge is 0.255 e. The summed E-state index contributed by atoms with van der Waals surface area (Å²) in [5.74, 6) is -0.273. The van der Waals surface area contributed by atoms with Crippen molar-refractivity contribution >= 4 is 38.9 Å². The number of nitrogens with one attached hydrogen (secondary N) is 1. The normalized spacial score (nSPS) is 16.6. The predicted molar refractivity (Wildman–Crippen MR) is 83.0 cm³/mol. The standard InChI is InChI=1S/C13H16Cl2N2O3S/c1-21(19,20)12-7-9(10(14)8-11(12)15)13(18)17-5-2-3-16-4-6-17/h7-8,16H,2-6H2,1H3. The Balaban J connectivity index is 2.40. The molecule has 21 heavy (non-hydrogen) atoms. The highest BCUT2D eigenvalue weighted by atomic mass is 35.5. The van der Waals surface area contributed by atoms with Gasteiger partial charge in [-0.15, -0.1) is 0 Å². The van der Waals surface area contributed by atoms with Gasteiger partial charge in [-0.3, -0.25) is 4.79 Å². The van der Waals surface area contributed by atoms with Crippen molar-refractivity contribution in [1.29, 1.82) is 0 Å². The van der Waals surface area contributed by atoms with E-state index in [1.165, 1.54) is 12.1 Å². The molecule has 0 aliphatic carbocycles. The molecule has 1 aromatic carbocycles. The second-order valence-corrected chi connectivity index (χ2v) is 7.73. The first-order chi connectivity index (χ1) is 9.80. The van der Waals surface area contributed by atoms with Gasteiger partial charge in [0.15, 0.2) is 9.84 Å². The van der Waals surface area contributed by atoms with Crippen LogP contribution in [0.5, 0.6) is 0 Å². The fourth-order valence-electron chi connectivity index (χ4n) is 2.20. The Labute approximate surface area is 134 Å². The molecule has 1 amide bonds. The van der Waals surface area contributed by atoms with Crippen LogP contribution in [-0.2, 0) is 9.84 Å². The zero-order valence-corrected chi connectivity index (χ0v) is 13.9. The maximum absolute atomic E-state index is 12.5. The first-order valence-electron chi connectivity index (χ1n) is 6.50. The number of rotatable bonds is 2. The molecule has 116 valence electrons. The van der Waals surface area contributed by atoms with Crippen molar-refractivity contribution in [3.8, 4) is 0 Å². The Kier molecular flexibility index (Phi) is 5.14. The molecule has 1 N–H and O–H groups in total. The third-order valence-corrected chi connectivity index (χ3v) is 5.15. The lowest BCUT2D eigenvalue weighted by molar-refractivity contribution is 0.0766. The fraction of sp³-hybridized carbons (Fsp3) is 0.462. The molecule has 0 bridgehead atoms. The zero-order valence-electron chi connectivity index (χ0n) is 11.5. The van der Waals surface area contributed by atoms with Gasteiger partial charge in [0.25, 0.3) is 5.91 Å². The highest BCUT2D eigenvalue weighted by molar-refractivity contribution is 7.90. The van der Waals surface area contributed by atoms with Crippen LogP contribution in [0.4, 0.5) is 0 Å². The molecule has 0 atom stereocenters. The van der Waals surface area contributed by atoms with Crippen molar-refractivity contribution in [2.75, 3.05) is 32.4 Å². The van der Waals surface area contributed by atoms with Crippen LogP contribution in [0.3, 0.4) is 0 Å². The highest BCUT2D eigenvalue weighted by Crippen LogP contribution is 2.29. The van der Waals surface area contributed by atoms with Crippen LogP contribution in [0, 0.1) is 0 Å². The SMILES string of the molecule is CS(=O)(=O)c1cc(C(=O)N2CCCNCC2)c(Cl)cc1Cl. The summed E-state index contributed by atoms with van der Waals surface area (Å²) in [6, 6.07) is 2.57. The van der Waals surface area contributed by atoms with Crippen LogP contribution in [0.15, 0.2) is 17.0 Å². The van der Waals surface area contributed by atoms with Gasteiger partial charge >= 0.3 is 0 Å². The van der Waals surface area contributed by atoms with E-state index in [4.69, 9.17) is 23.2 Å². The Bertz CT molecular complexity index is 654. The topological polar surface area (TPSA) is 66.5 Å². The van der Waals surface area contributed by atoms with Crippen LogP contribution < -0.4 is 5.32 Å². The third-order valence-electron chi connectivity index (χ3n) is 3.28. The maximum atomic E-state index is 12.5. The second kappa shape index (κ2) is 6.52. The minimum Gasteiger partial charge on any atom is -0.337 e. The van der Waals surface area contributed by atoms with Gasteiger partial charge in [0.05, 0.1) is 20.5 Å². The summed E-state index contributed by atoms with van der Waals surface area (Å²) in [5.41, 5.74) is 0.170. The summed E-state index contributed by atoms with van der Waals surface area (Å²) >= 11 is 12.0. The first kappa shape index (κ1) is 16.5. The summed E-state index contributed by atoms with van der Waals surface area (Å²) in [7, 11) is -3.52. The molecule has 8 heteroatoms. The van der Waals surface area contributed by atoms with E-state index >= 15 is 0 Å². The first-order valence-corrected chi connectivity index (χ1v) is 9.14. The van der Waals surface area contributed by atoms with Crippen LogP contribution in [0.25, 0.3) is 0 Å². The van der Waals surface area contributed by atoms with E-state index in [0.29, 0.717) is 19.6 Å². The quantitative estimate of drug-likeness (QED) is 0.883. The summed E-state index contributed by atoms with van der Waals surface area (Å²) < 4.78 is 23.4. The number of carbonyl (C=O) groups is 1. The second-order valence-electron chi connectivity index (χ2n) is 4.93. The van der Waals surface area contributed by atoms with E-state index in [0.717, 1.165) is 19.2 Å². The Morgan fingerprint density at radius 2 is 1.90 bits per heavy atom. The van der Waals surface area contributed by atoms with Crippen molar-refractivity contribution in [1.82, 2.24) is 10.2 Å². The van der Waals surface area contributed by atoms with E-state index in [2.05, 4.69) is 5.32 Å². The van der Waals surface area contributed by atoms with E-state index in [-0.39, 0.29) is 26.4 Å². The molecule has 5 nitrogen and oxygen atoms in total. The van der Waals surface area contributed by atoms with E-state index in [1.807, 2.05) is 0 Å². The van der Waals surface area contributed by atoms with Crippen LogP contribution in [0.1, 0.15) is 16.8 Å². The minimum absolute atomic E-state index is 0.0246. The molecule has 1 saturated heterocycles. The largest absolute Gasteiger partial charge is 0.337 e. The van der Waals surface area contributed by atoms with Crippen molar-refractivity contribution in [2.45, 2.75) is 11.3 Å². The number of halogens is 2. The maximum Gasteiger partial charge on any atom is 0.255 e. The monoisotopic (exact) mass is 350 g/mol. The molecule has 1 aliphatic rings. The summed E-state index contributed by atoms with van der Waals surface area (Å²) in [5, 5.41) is 3.39. The summed E-state index contributed by atoms with van der Waals surface area (Å²) in [6.07, 6.45) is 1.89. The molecule has 2 rings (SSSR count). The van der Waals surface area contributed by atoms with E-state index in [9.17, 15) is 13.2 Å². The van der Waals surface area contributed by atoms with Gasteiger partial charge in [-0.05, 0) is 25.1 Å². The van der Waals surface area contributed by atoms with E-state index < -0.39 is 9.84 Å². The van der Waals surface area contributed by atoms with Crippen molar-refractivity contribution in [3.05, 3.63) is 27.7 Å². The van der Waals surface area contributed by atoms with Gasteiger partial charge < -0.3 is 10.2 Å². The van der Waals surface area contributed by atoms with Crippen molar-refractivity contribution in [3.63, 3.8) is 0 Å². The van der Waals surface area contributed by atoms with Crippen LogP contribution >= 0.6 is 23.2 Å². The highest BCUT2D eigenvalue weighted by Gasteiger charge is 2.23. The Morgan fingerprint density at radius 3 is 2.57 bits per heavy atom. The number of carbonyl (C=O) groups excluding carboxylic acids is 1. The molecule has 0 aromatic heterocycles. The lowest BCUT2D eigenvalue weighted by Crippen LogP contribution is -2.34. The van der Waals surface area contributed by atoms with Crippen LogP contribution in [-0.4, -0.2) is 51.7 Å². The van der Waals surface area contributed by atoms with Gasteiger partial charge in [0, 0.05) is 25.9 Å². The van der Waals surface area contributed by atoms with Gasteiger partial charge in [0.1, 0.15) is 0 Å². The summed E-state index contributed by atoms with van der Waals surface area (Å²) in [4.78, 5) is 14.1. The number of nitrogens with zero attached hydrogens (tertiary/aromatic N) is 1. The Morgan fingerprint density at radius 1 is 1.19 bits per heavy atom. The summed E-state index contributed by atoms with van der Waals surface area (Å²) in [6.45, 7) is 2.73. The van der Waals surface area contributed by atoms with Crippen LogP contribution in [0.2, 0.25) is 10.0 Å². The van der Waals surface area contributed by atoms with Gasteiger partial charge in [-0.2, -0.15) is 0 Å². The molecule has 1 heterocycles. The third kappa shape index (κ3) is 3.88. The number of sulfone groups is 1. The average Bonchev–Trinajstić information content (AvgIpc) is 2.65. The van der Waals surface area contributed by atoms with Gasteiger partial charge in [-0.25, -0.2) is 8.42 Å². The molecule has 1 aromatic rings. The molecular formula is C13H16Cl2N2O3S. The number of hydrogen-bond acceptors (Lipinski definition) is 4. The number of benzene rings is 1. The van der Waals surface area contributed by atoms with E-state index in [1.54, 1.807) is 4.90 Å². The number of amides is 1. The predicted octanol–water partition coefficient (Wildman–Crippen LogP) is 1.83. The molecule has 1 aliphatic heterocycles.